The van der Waals surface area contributed by atoms with Crippen LogP contribution in [0.25, 0.3) is 16.5 Å². The predicted octanol–water partition coefficient (Wildman–Crippen LogP) is 2.35. The Labute approximate surface area is 167 Å². The fourth-order valence-corrected chi connectivity index (χ4v) is 4.98. The van der Waals surface area contributed by atoms with Crippen LogP contribution in [-0.2, 0) is 19.6 Å². The molecule has 0 atom stereocenters. The first-order valence-corrected chi connectivity index (χ1v) is 11.2. The van der Waals surface area contributed by atoms with Gasteiger partial charge >= 0.3 is 0 Å². The molecule has 2 aromatic rings. The summed E-state index contributed by atoms with van der Waals surface area (Å²) in [5, 5.41) is 2.58. The van der Waals surface area contributed by atoms with Crippen LogP contribution in [0.5, 0.6) is 0 Å². The zero-order valence-corrected chi connectivity index (χ0v) is 16.8. The zero-order valence-electron chi connectivity index (χ0n) is 15.1. The van der Waals surface area contributed by atoms with E-state index in [0.29, 0.717) is 31.9 Å². The third-order valence-electron chi connectivity index (χ3n) is 4.19. The van der Waals surface area contributed by atoms with Crippen molar-refractivity contribution in [3.8, 4) is 10.4 Å². The molecule has 1 amide bonds. The molecule has 0 radical (unpaired) electrons. The van der Waals surface area contributed by atoms with E-state index in [9.17, 15) is 17.6 Å². The number of carbonyl (C=O) groups excluding carboxylic acids is 1. The predicted molar refractivity (Wildman–Crippen MR) is 108 cm³/mol. The molecule has 6 nitrogen and oxygen atoms in total. The van der Waals surface area contributed by atoms with E-state index in [1.54, 1.807) is 36.4 Å². The lowest BCUT2D eigenvalue weighted by molar-refractivity contribution is -0.116. The molecule has 1 aromatic heterocycles. The number of hydrogen-bond acceptors (Lipinski definition) is 5. The van der Waals surface area contributed by atoms with Crippen molar-refractivity contribution >= 4 is 33.3 Å². The van der Waals surface area contributed by atoms with Gasteiger partial charge in [-0.3, -0.25) is 4.79 Å². The van der Waals surface area contributed by atoms with Gasteiger partial charge in [0.2, 0.25) is 15.9 Å². The third kappa shape index (κ3) is 5.48. The third-order valence-corrected chi connectivity index (χ3v) is 7.14. The number of carbonyl (C=O) groups is 1. The van der Waals surface area contributed by atoms with Gasteiger partial charge in [-0.1, -0.05) is 18.2 Å². The van der Waals surface area contributed by atoms with Gasteiger partial charge in [-0.25, -0.2) is 12.8 Å². The van der Waals surface area contributed by atoms with E-state index in [2.05, 4.69) is 5.32 Å². The molecule has 1 aliphatic rings. The number of nitrogens with zero attached hydrogens (tertiary/aromatic N) is 1. The summed E-state index contributed by atoms with van der Waals surface area (Å²) in [6, 6.07) is 10.1. The second-order valence-electron chi connectivity index (χ2n) is 6.13. The molecule has 1 fully saturated rings. The average Bonchev–Trinajstić information content (AvgIpc) is 3.16. The van der Waals surface area contributed by atoms with Gasteiger partial charge in [-0.2, -0.15) is 4.31 Å². The number of morpholine rings is 1. The van der Waals surface area contributed by atoms with Gasteiger partial charge in [0.1, 0.15) is 5.82 Å². The number of hydrogen-bond donors (Lipinski definition) is 1. The second-order valence-corrected chi connectivity index (χ2v) is 9.34. The van der Waals surface area contributed by atoms with Crippen LogP contribution in [-0.4, -0.2) is 57.2 Å². The van der Waals surface area contributed by atoms with Gasteiger partial charge in [-0.15, -0.1) is 11.3 Å². The van der Waals surface area contributed by atoms with Crippen LogP contribution in [0.3, 0.4) is 0 Å². The fraction of sp³-hybridized carbons (Fsp3) is 0.316. The summed E-state index contributed by atoms with van der Waals surface area (Å²) >= 11 is 1.37. The molecular formula is C19H21FN2O4S2. The van der Waals surface area contributed by atoms with Gasteiger partial charge in [0, 0.05) is 41.0 Å². The molecule has 1 saturated heterocycles. The van der Waals surface area contributed by atoms with Crippen LogP contribution < -0.4 is 5.32 Å². The lowest BCUT2D eigenvalue weighted by atomic mass is 10.2. The van der Waals surface area contributed by atoms with Crippen LogP contribution in [0.1, 0.15) is 4.88 Å². The minimum Gasteiger partial charge on any atom is -0.379 e. The molecule has 1 aliphatic heterocycles. The smallest absolute Gasteiger partial charge is 0.244 e. The second kappa shape index (κ2) is 9.42. The number of nitrogens with one attached hydrogen (secondary N) is 1. The van der Waals surface area contributed by atoms with Gasteiger partial charge < -0.3 is 10.1 Å². The van der Waals surface area contributed by atoms with Crippen molar-refractivity contribution in [3.05, 3.63) is 53.2 Å². The maximum atomic E-state index is 13.8. The molecule has 0 spiro atoms. The maximum Gasteiger partial charge on any atom is 0.244 e. The Kier molecular flexibility index (Phi) is 6.95. The summed E-state index contributed by atoms with van der Waals surface area (Å²) in [6.07, 6.45) is 2.97. The summed E-state index contributed by atoms with van der Waals surface area (Å²) in [5.74, 6) is -0.819. The number of amides is 1. The van der Waals surface area contributed by atoms with Gasteiger partial charge in [0.05, 0.1) is 19.0 Å². The minimum atomic E-state index is -3.40. The van der Waals surface area contributed by atoms with E-state index in [1.165, 1.54) is 27.8 Å². The largest absolute Gasteiger partial charge is 0.379 e. The van der Waals surface area contributed by atoms with E-state index in [0.717, 1.165) is 9.75 Å². The molecule has 28 heavy (non-hydrogen) atoms. The molecule has 9 heteroatoms. The SMILES string of the molecule is O=C(/C=C/c1ccc(-c2ccccc2F)s1)NCCS(=O)(=O)N1CCOCC1. The Balaban J connectivity index is 1.50. The van der Waals surface area contributed by atoms with Gasteiger partial charge in [0.25, 0.3) is 0 Å². The number of rotatable bonds is 7. The molecule has 0 unspecified atom stereocenters. The molecular weight excluding hydrogens is 403 g/mol. The molecule has 1 aromatic carbocycles. The highest BCUT2D eigenvalue weighted by Crippen LogP contribution is 2.30. The van der Waals surface area contributed by atoms with Crippen LogP contribution in [0, 0.1) is 5.82 Å². The van der Waals surface area contributed by atoms with E-state index in [1.807, 2.05) is 0 Å². The summed E-state index contributed by atoms with van der Waals surface area (Å²) in [5.41, 5.74) is 0.518. The van der Waals surface area contributed by atoms with E-state index < -0.39 is 10.0 Å². The Morgan fingerprint density at radius 3 is 2.71 bits per heavy atom. The van der Waals surface area contributed by atoms with Crippen LogP contribution in [0.4, 0.5) is 4.39 Å². The number of halogens is 1. The molecule has 0 saturated carbocycles. The van der Waals surface area contributed by atoms with E-state index in [4.69, 9.17) is 4.74 Å². The van der Waals surface area contributed by atoms with E-state index in [-0.39, 0.29) is 24.0 Å². The van der Waals surface area contributed by atoms with Crippen LogP contribution in [0.2, 0.25) is 0 Å². The Hall–Kier alpha value is -2.07. The van der Waals surface area contributed by atoms with Crippen LogP contribution in [0.15, 0.2) is 42.5 Å². The Morgan fingerprint density at radius 2 is 1.96 bits per heavy atom. The monoisotopic (exact) mass is 424 g/mol. The number of thiophene rings is 1. The summed E-state index contributed by atoms with van der Waals surface area (Å²) in [4.78, 5) is 13.5. The molecule has 2 heterocycles. The van der Waals surface area contributed by atoms with Gasteiger partial charge in [0.15, 0.2) is 0 Å². The zero-order chi connectivity index (χ0) is 20.0. The highest BCUT2D eigenvalue weighted by molar-refractivity contribution is 7.89. The fourth-order valence-electron chi connectivity index (χ4n) is 2.72. The number of ether oxygens (including phenoxy) is 1. The molecule has 0 bridgehead atoms. The van der Waals surface area contributed by atoms with Crippen molar-refractivity contribution < 1.29 is 22.3 Å². The minimum absolute atomic E-state index is 0.0355. The topological polar surface area (TPSA) is 75.7 Å². The van der Waals surface area contributed by atoms with Crippen LogP contribution >= 0.6 is 11.3 Å². The van der Waals surface area contributed by atoms with Crippen molar-refractivity contribution in [2.45, 2.75) is 0 Å². The highest BCUT2D eigenvalue weighted by Gasteiger charge is 2.23. The lowest BCUT2D eigenvalue weighted by Crippen LogP contribution is -2.43. The molecule has 150 valence electrons. The number of sulfonamides is 1. The lowest BCUT2D eigenvalue weighted by Gasteiger charge is -2.25. The normalized spacial score (nSPS) is 15.8. The summed E-state index contributed by atoms with van der Waals surface area (Å²) < 4.78 is 44.7. The molecule has 3 rings (SSSR count). The van der Waals surface area contributed by atoms with Crippen molar-refractivity contribution in [2.75, 3.05) is 38.6 Å². The van der Waals surface area contributed by atoms with Crippen molar-refractivity contribution in [2.24, 2.45) is 0 Å². The standard InChI is InChI=1S/C19H21FN2O4S2/c20-17-4-2-1-3-16(17)18-7-5-15(27-18)6-8-19(23)21-9-14-28(24,25)22-10-12-26-13-11-22/h1-8H,9-14H2,(H,21,23)/b8-6+. The van der Waals surface area contributed by atoms with E-state index >= 15 is 0 Å². The Bertz CT molecular complexity index is 950. The first-order valence-electron chi connectivity index (χ1n) is 8.82. The van der Waals surface area contributed by atoms with Crippen molar-refractivity contribution in [1.82, 2.24) is 9.62 Å². The molecule has 0 aliphatic carbocycles. The first kappa shape index (κ1) is 20.7. The summed E-state index contributed by atoms with van der Waals surface area (Å²) in [6.45, 7) is 1.51. The first-order chi connectivity index (χ1) is 13.5. The average molecular weight is 425 g/mol. The summed E-state index contributed by atoms with van der Waals surface area (Å²) in [7, 11) is -3.40. The highest BCUT2D eigenvalue weighted by atomic mass is 32.2. The van der Waals surface area contributed by atoms with Crippen molar-refractivity contribution in [1.29, 1.82) is 0 Å². The molecule has 1 N–H and O–H groups in total. The number of benzene rings is 1. The van der Waals surface area contributed by atoms with Gasteiger partial charge in [-0.05, 0) is 24.3 Å². The maximum absolute atomic E-state index is 13.8. The van der Waals surface area contributed by atoms with Crippen molar-refractivity contribution in [3.63, 3.8) is 0 Å². The quantitative estimate of drug-likeness (QED) is 0.693. The Morgan fingerprint density at radius 1 is 1.21 bits per heavy atom.